The van der Waals surface area contributed by atoms with E-state index in [4.69, 9.17) is 4.74 Å². The van der Waals surface area contributed by atoms with Crippen LogP contribution in [0.25, 0.3) is 10.9 Å². The maximum atomic E-state index is 12.8. The van der Waals surface area contributed by atoms with Gasteiger partial charge in [-0.15, -0.1) is 0 Å². The van der Waals surface area contributed by atoms with Crippen LogP contribution >= 0.6 is 0 Å². The minimum Gasteiger partial charge on any atom is -0.483 e. The van der Waals surface area contributed by atoms with E-state index in [0.29, 0.717) is 29.6 Å². The zero-order chi connectivity index (χ0) is 21.3. The molecule has 2 aliphatic rings. The summed E-state index contributed by atoms with van der Waals surface area (Å²) in [5.41, 5.74) is 1.29. The van der Waals surface area contributed by atoms with Crippen LogP contribution < -0.4 is 10.1 Å². The van der Waals surface area contributed by atoms with Gasteiger partial charge >= 0.3 is 5.97 Å². The van der Waals surface area contributed by atoms with E-state index in [-0.39, 0.29) is 30.2 Å². The van der Waals surface area contributed by atoms with E-state index in [1.165, 1.54) is 6.07 Å². The van der Waals surface area contributed by atoms with Gasteiger partial charge in [-0.2, -0.15) is 0 Å². The molecular formula is C22H25N3O5. The lowest BCUT2D eigenvalue weighted by atomic mass is 9.93. The Labute approximate surface area is 174 Å². The molecule has 2 amide bonds. The molecule has 2 N–H and O–H groups in total. The number of hydrogen-bond acceptors (Lipinski definition) is 5. The number of aromatic nitrogens is 1. The third-order valence-corrected chi connectivity index (χ3v) is 5.83. The molecule has 4 rings (SSSR count). The van der Waals surface area contributed by atoms with Gasteiger partial charge in [0.25, 0.3) is 5.91 Å². The Bertz CT molecular complexity index is 1000. The lowest BCUT2D eigenvalue weighted by molar-refractivity contribution is -0.140. The maximum Gasteiger partial charge on any atom is 0.354 e. The second-order valence-corrected chi connectivity index (χ2v) is 8.00. The van der Waals surface area contributed by atoms with Crippen molar-refractivity contribution in [2.24, 2.45) is 0 Å². The molecule has 158 valence electrons. The van der Waals surface area contributed by atoms with Crippen molar-refractivity contribution < 1.29 is 24.2 Å². The molecule has 1 aromatic heterocycles. The Kier molecular flexibility index (Phi) is 5.57. The van der Waals surface area contributed by atoms with Gasteiger partial charge in [-0.25, -0.2) is 9.78 Å². The number of likely N-dealkylation sites (tertiary alicyclic amines) is 1. The monoisotopic (exact) mass is 411 g/mol. The molecule has 0 spiro atoms. The quantitative estimate of drug-likeness (QED) is 0.755. The molecule has 8 heteroatoms. The number of carbonyl (C=O) groups is 3. The van der Waals surface area contributed by atoms with E-state index in [1.807, 2.05) is 13.0 Å². The zero-order valence-corrected chi connectivity index (χ0v) is 16.9. The fourth-order valence-electron chi connectivity index (χ4n) is 3.95. The smallest absolute Gasteiger partial charge is 0.354 e. The Morgan fingerprint density at radius 2 is 2.00 bits per heavy atom. The summed E-state index contributed by atoms with van der Waals surface area (Å²) in [7, 11) is 0. The molecule has 1 aliphatic heterocycles. The second-order valence-electron chi connectivity index (χ2n) is 8.00. The molecule has 1 atom stereocenters. The van der Waals surface area contributed by atoms with Crippen LogP contribution in [-0.4, -0.2) is 58.0 Å². The van der Waals surface area contributed by atoms with Gasteiger partial charge in [0.05, 0.1) is 5.52 Å². The molecule has 30 heavy (non-hydrogen) atoms. The van der Waals surface area contributed by atoms with Crippen LogP contribution in [0.4, 0.5) is 0 Å². The summed E-state index contributed by atoms with van der Waals surface area (Å²) in [5, 5.41) is 13.0. The SMILES string of the molecule is Cc1ccc2c(OCC(=O)N3CCCC3C(=O)NC3CCC3)cc(C(=O)O)nc2c1. The van der Waals surface area contributed by atoms with E-state index in [9.17, 15) is 19.5 Å². The summed E-state index contributed by atoms with van der Waals surface area (Å²) < 4.78 is 5.74. The molecule has 2 fully saturated rings. The number of nitrogens with one attached hydrogen (secondary N) is 1. The van der Waals surface area contributed by atoms with E-state index in [2.05, 4.69) is 10.3 Å². The minimum absolute atomic E-state index is 0.0939. The molecule has 0 bridgehead atoms. The Balaban J connectivity index is 1.48. The third-order valence-electron chi connectivity index (χ3n) is 5.83. The van der Waals surface area contributed by atoms with Gasteiger partial charge in [0.15, 0.2) is 12.3 Å². The molecular weight excluding hydrogens is 386 g/mol. The van der Waals surface area contributed by atoms with Gasteiger partial charge in [0, 0.05) is 24.0 Å². The number of fused-ring (bicyclic) bond motifs is 1. The van der Waals surface area contributed by atoms with Crippen molar-refractivity contribution in [2.45, 2.75) is 51.1 Å². The highest BCUT2D eigenvalue weighted by Crippen LogP contribution is 2.27. The molecule has 0 radical (unpaired) electrons. The number of rotatable bonds is 6. The van der Waals surface area contributed by atoms with Crippen molar-refractivity contribution in [3.63, 3.8) is 0 Å². The first-order valence-electron chi connectivity index (χ1n) is 10.3. The van der Waals surface area contributed by atoms with Crippen LogP contribution in [0.1, 0.15) is 48.2 Å². The third kappa shape index (κ3) is 4.08. The molecule has 8 nitrogen and oxygen atoms in total. The first-order chi connectivity index (χ1) is 14.4. The second kappa shape index (κ2) is 8.30. The average molecular weight is 411 g/mol. The number of amides is 2. The molecule has 1 unspecified atom stereocenters. The van der Waals surface area contributed by atoms with E-state index in [0.717, 1.165) is 31.2 Å². The predicted octanol–water partition coefficient (Wildman–Crippen LogP) is 2.28. The van der Waals surface area contributed by atoms with Crippen molar-refractivity contribution >= 4 is 28.7 Å². The zero-order valence-electron chi connectivity index (χ0n) is 16.9. The fraction of sp³-hybridized carbons (Fsp3) is 0.455. The molecule has 2 aromatic rings. The van der Waals surface area contributed by atoms with Crippen LogP contribution in [-0.2, 0) is 9.59 Å². The standard InChI is InChI=1S/C22H25N3O5/c1-13-7-8-15-16(10-13)24-17(22(28)29)11-19(15)30-12-20(26)25-9-3-6-18(25)21(27)23-14-4-2-5-14/h7-8,10-11,14,18H,2-6,9,12H2,1H3,(H,23,27)(H,28,29). The number of benzene rings is 1. The summed E-state index contributed by atoms with van der Waals surface area (Å²) in [6.45, 7) is 2.14. The van der Waals surface area contributed by atoms with Crippen molar-refractivity contribution in [1.29, 1.82) is 0 Å². The number of pyridine rings is 1. The largest absolute Gasteiger partial charge is 0.483 e. The summed E-state index contributed by atoms with van der Waals surface area (Å²) in [6.07, 6.45) is 4.54. The molecule has 1 saturated carbocycles. The van der Waals surface area contributed by atoms with Crippen LogP contribution in [0, 0.1) is 6.92 Å². The summed E-state index contributed by atoms with van der Waals surface area (Å²) in [4.78, 5) is 42.5. The van der Waals surface area contributed by atoms with Gasteiger partial charge in [0.1, 0.15) is 11.8 Å². The number of aryl methyl sites for hydroxylation is 1. The van der Waals surface area contributed by atoms with Crippen molar-refractivity contribution in [1.82, 2.24) is 15.2 Å². The normalized spacial score (nSPS) is 18.8. The number of carbonyl (C=O) groups excluding carboxylic acids is 2. The van der Waals surface area contributed by atoms with Gasteiger partial charge in [0.2, 0.25) is 5.91 Å². The number of hydrogen-bond donors (Lipinski definition) is 2. The first kappa shape index (κ1) is 20.1. The van der Waals surface area contributed by atoms with Gasteiger partial charge < -0.3 is 20.1 Å². The van der Waals surface area contributed by atoms with Crippen molar-refractivity contribution in [3.05, 3.63) is 35.5 Å². The average Bonchev–Trinajstić information content (AvgIpc) is 3.18. The topological polar surface area (TPSA) is 109 Å². The van der Waals surface area contributed by atoms with Gasteiger partial charge in [-0.1, -0.05) is 6.07 Å². The number of aromatic carboxylic acids is 1. The Morgan fingerprint density at radius 3 is 2.70 bits per heavy atom. The number of carboxylic acid groups (broad SMARTS) is 1. The van der Waals surface area contributed by atoms with Crippen LogP contribution in [0.2, 0.25) is 0 Å². The highest BCUT2D eigenvalue weighted by Gasteiger charge is 2.35. The van der Waals surface area contributed by atoms with E-state index < -0.39 is 12.0 Å². The Morgan fingerprint density at radius 1 is 1.20 bits per heavy atom. The number of ether oxygens (including phenoxy) is 1. The molecule has 1 saturated heterocycles. The van der Waals surface area contributed by atoms with E-state index in [1.54, 1.807) is 17.0 Å². The molecule has 1 aromatic carbocycles. The van der Waals surface area contributed by atoms with Gasteiger partial charge in [-0.3, -0.25) is 9.59 Å². The fourth-order valence-corrected chi connectivity index (χ4v) is 3.95. The first-order valence-corrected chi connectivity index (χ1v) is 10.3. The lowest BCUT2D eigenvalue weighted by Crippen LogP contribution is -2.51. The molecule has 2 heterocycles. The highest BCUT2D eigenvalue weighted by atomic mass is 16.5. The van der Waals surface area contributed by atoms with Crippen LogP contribution in [0.5, 0.6) is 5.75 Å². The highest BCUT2D eigenvalue weighted by molar-refractivity contribution is 5.94. The lowest BCUT2D eigenvalue weighted by Gasteiger charge is -2.30. The van der Waals surface area contributed by atoms with Gasteiger partial charge in [-0.05, 0) is 56.7 Å². The minimum atomic E-state index is -1.16. The summed E-state index contributed by atoms with van der Waals surface area (Å²) in [6, 6.07) is 6.55. The van der Waals surface area contributed by atoms with E-state index >= 15 is 0 Å². The maximum absolute atomic E-state index is 12.8. The predicted molar refractivity (Wildman–Crippen MR) is 109 cm³/mol. The van der Waals surface area contributed by atoms with Crippen molar-refractivity contribution in [3.8, 4) is 5.75 Å². The van der Waals surface area contributed by atoms with Crippen molar-refractivity contribution in [2.75, 3.05) is 13.2 Å². The molecule has 1 aliphatic carbocycles. The summed E-state index contributed by atoms with van der Waals surface area (Å²) in [5.74, 6) is -1.25. The number of nitrogens with zero attached hydrogens (tertiary/aromatic N) is 2. The number of carboxylic acids is 1. The van der Waals surface area contributed by atoms with Crippen LogP contribution in [0.3, 0.4) is 0 Å². The Hall–Kier alpha value is -3.16. The summed E-state index contributed by atoms with van der Waals surface area (Å²) >= 11 is 0. The van der Waals surface area contributed by atoms with Crippen LogP contribution in [0.15, 0.2) is 24.3 Å².